The Morgan fingerprint density at radius 3 is 2.83 bits per heavy atom. The topological polar surface area (TPSA) is 28.2 Å². The first-order valence-electron chi connectivity index (χ1n) is 6.27. The van der Waals surface area contributed by atoms with Crippen molar-refractivity contribution in [3.63, 3.8) is 0 Å². The maximum atomic E-state index is 6.36. The summed E-state index contributed by atoms with van der Waals surface area (Å²) in [5.41, 5.74) is 2.25. The Morgan fingerprint density at radius 2 is 2.06 bits per heavy atom. The number of para-hydroxylation sites is 1. The molecule has 1 N–H and O–H groups in total. The summed E-state index contributed by atoms with van der Waals surface area (Å²) < 4.78 is 0. The van der Waals surface area contributed by atoms with Crippen LogP contribution in [0.5, 0.6) is 0 Å². The van der Waals surface area contributed by atoms with Gasteiger partial charge in [-0.3, -0.25) is 0 Å². The van der Waals surface area contributed by atoms with Gasteiger partial charge in [0.2, 0.25) is 0 Å². The van der Waals surface area contributed by atoms with Crippen molar-refractivity contribution in [2.75, 3.05) is 31.1 Å². The molecule has 1 fully saturated rings. The molecule has 1 saturated heterocycles. The third-order valence-corrected chi connectivity index (χ3v) is 3.68. The van der Waals surface area contributed by atoms with Gasteiger partial charge in [0.1, 0.15) is 5.82 Å². The van der Waals surface area contributed by atoms with Crippen LogP contribution in [-0.2, 0) is 0 Å². The van der Waals surface area contributed by atoms with Gasteiger partial charge in [-0.25, -0.2) is 4.98 Å². The van der Waals surface area contributed by atoms with Crippen molar-refractivity contribution in [1.82, 2.24) is 10.3 Å². The molecule has 0 aliphatic carbocycles. The second-order valence-electron chi connectivity index (χ2n) is 4.68. The molecule has 0 saturated carbocycles. The van der Waals surface area contributed by atoms with Crippen molar-refractivity contribution in [1.29, 1.82) is 0 Å². The molecule has 0 radical (unpaired) electrons. The van der Waals surface area contributed by atoms with E-state index in [0.29, 0.717) is 0 Å². The molecule has 0 amide bonds. The first-order chi connectivity index (χ1) is 8.75. The number of hydrogen-bond donors (Lipinski definition) is 1. The molecule has 3 nitrogen and oxygen atoms in total. The summed E-state index contributed by atoms with van der Waals surface area (Å²) in [7, 11) is 0. The number of hydrogen-bond acceptors (Lipinski definition) is 3. The number of nitrogens with one attached hydrogen (secondary N) is 1. The van der Waals surface area contributed by atoms with Crippen LogP contribution in [0.15, 0.2) is 24.3 Å². The van der Waals surface area contributed by atoms with Crippen molar-refractivity contribution in [2.45, 2.75) is 6.92 Å². The van der Waals surface area contributed by atoms with E-state index in [4.69, 9.17) is 16.6 Å². The van der Waals surface area contributed by atoms with Gasteiger partial charge in [-0.2, -0.15) is 0 Å². The zero-order chi connectivity index (χ0) is 12.5. The van der Waals surface area contributed by atoms with Crippen LogP contribution in [0, 0.1) is 6.92 Å². The zero-order valence-corrected chi connectivity index (χ0v) is 11.2. The van der Waals surface area contributed by atoms with Gasteiger partial charge >= 0.3 is 0 Å². The largest absolute Gasteiger partial charge is 0.353 e. The lowest BCUT2D eigenvalue weighted by Gasteiger charge is -2.29. The molecule has 1 aromatic carbocycles. The molecule has 2 heterocycles. The quantitative estimate of drug-likeness (QED) is 0.855. The summed E-state index contributed by atoms with van der Waals surface area (Å²) in [5, 5.41) is 5.20. The van der Waals surface area contributed by atoms with Crippen LogP contribution in [-0.4, -0.2) is 31.2 Å². The van der Waals surface area contributed by atoms with E-state index < -0.39 is 0 Å². The molecule has 1 aromatic heterocycles. The maximum absolute atomic E-state index is 6.36. The van der Waals surface area contributed by atoms with Gasteiger partial charge in [0.15, 0.2) is 0 Å². The molecule has 1 aliphatic heterocycles. The Hall–Kier alpha value is -1.32. The molecule has 3 rings (SSSR count). The van der Waals surface area contributed by atoms with E-state index in [0.717, 1.165) is 47.9 Å². The van der Waals surface area contributed by atoms with E-state index in [1.165, 1.54) is 5.56 Å². The number of rotatable bonds is 1. The van der Waals surface area contributed by atoms with E-state index in [-0.39, 0.29) is 0 Å². The van der Waals surface area contributed by atoms with Crippen molar-refractivity contribution in [2.24, 2.45) is 0 Å². The number of pyridine rings is 1. The number of nitrogens with zero attached hydrogens (tertiary/aromatic N) is 2. The van der Waals surface area contributed by atoms with Crippen LogP contribution in [0.3, 0.4) is 0 Å². The number of benzene rings is 1. The monoisotopic (exact) mass is 261 g/mol. The Kier molecular flexibility index (Phi) is 3.10. The fourth-order valence-corrected chi connectivity index (χ4v) is 2.69. The molecule has 0 unspecified atom stereocenters. The zero-order valence-electron chi connectivity index (χ0n) is 10.4. The number of anilines is 1. The molecule has 0 atom stereocenters. The average Bonchev–Trinajstić information content (AvgIpc) is 2.39. The highest BCUT2D eigenvalue weighted by Gasteiger charge is 2.16. The molecular formula is C14H16ClN3. The number of aryl methyl sites for hydroxylation is 1. The molecule has 4 heteroatoms. The number of fused-ring (bicyclic) bond motifs is 1. The highest BCUT2D eigenvalue weighted by Crippen LogP contribution is 2.29. The number of aromatic nitrogens is 1. The summed E-state index contributed by atoms with van der Waals surface area (Å²) in [4.78, 5) is 7.02. The van der Waals surface area contributed by atoms with E-state index in [1.807, 2.05) is 12.1 Å². The molecule has 1 aliphatic rings. The predicted molar refractivity (Wildman–Crippen MR) is 76.6 cm³/mol. The third-order valence-electron chi connectivity index (χ3n) is 3.40. The van der Waals surface area contributed by atoms with Gasteiger partial charge in [0.25, 0.3) is 0 Å². The summed E-state index contributed by atoms with van der Waals surface area (Å²) in [6.07, 6.45) is 0. The molecule has 0 bridgehead atoms. The lowest BCUT2D eigenvalue weighted by molar-refractivity contribution is 0.585. The predicted octanol–water partition coefficient (Wildman–Crippen LogP) is 2.61. The maximum Gasteiger partial charge on any atom is 0.148 e. The van der Waals surface area contributed by atoms with Gasteiger partial charge in [-0.05, 0) is 18.6 Å². The van der Waals surface area contributed by atoms with E-state index >= 15 is 0 Å². The molecule has 18 heavy (non-hydrogen) atoms. The standard InChI is InChI=1S/C14H16ClN3/c1-10-3-2-4-11-9-12(15)14(17-13(10)11)18-7-5-16-6-8-18/h2-4,9,16H,5-8H2,1H3. The second kappa shape index (κ2) is 4.75. The fourth-order valence-electron chi connectivity index (χ4n) is 2.41. The van der Waals surface area contributed by atoms with E-state index in [1.54, 1.807) is 0 Å². The van der Waals surface area contributed by atoms with Crippen LogP contribution in [0.1, 0.15) is 5.56 Å². The first-order valence-corrected chi connectivity index (χ1v) is 6.65. The summed E-state index contributed by atoms with van der Waals surface area (Å²) in [5.74, 6) is 0.917. The van der Waals surface area contributed by atoms with E-state index in [2.05, 4.69) is 29.3 Å². The highest BCUT2D eigenvalue weighted by atomic mass is 35.5. The Morgan fingerprint density at radius 1 is 1.28 bits per heavy atom. The van der Waals surface area contributed by atoms with Gasteiger partial charge in [-0.15, -0.1) is 0 Å². The van der Waals surface area contributed by atoms with Crippen LogP contribution in [0.4, 0.5) is 5.82 Å². The normalized spacial score (nSPS) is 16.2. The van der Waals surface area contributed by atoms with Crippen molar-refractivity contribution in [3.05, 3.63) is 34.9 Å². The van der Waals surface area contributed by atoms with Gasteiger partial charge in [0.05, 0.1) is 10.5 Å². The van der Waals surface area contributed by atoms with Crippen LogP contribution in [0.2, 0.25) is 5.02 Å². The highest BCUT2D eigenvalue weighted by molar-refractivity contribution is 6.33. The van der Waals surface area contributed by atoms with Gasteiger partial charge in [-0.1, -0.05) is 29.8 Å². The molecule has 2 aromatic rings. The van der Waals surface area contributed by atoms with Crippen LogP contribution in [0.25, 0.3) is 10.9 Å². The average molecular weight is 262 g/mol. The smallest absolute Gasteiger partial charge is 0.148 e. The van der Waals surface area contributed by atoms with Crippen LogP contribution < -0.4 is 10.2 Å². The lowest BCUT2D eigenvalue weighted by atomic mass is 10.1. The van der Waals surface area contributed by atoms with Crippen molar-refractivity contribution in [3.8, 4) is 0 Å². The Labute approximate surface area is 112 Å². The summed E-state index contributed by atoms with van der Waals surface area (Å²) in [6.45, 7) is 5.99. The van der Waals surface area contributed by atoms with Gasteiger partial charge < -0.3 is 10.2 Å². The minimum absolute atomic E-state index is 0.745. The molecule has 94 valence electrons. The second-order valence-corrected chi connectivity index (χ2v) is 5.08. The minimum Gasteiger partial charge on any atom is -0.353 e. The van der Waals surface area contributed by atoms with Crippen molar-refractivity contribution >= 4 is 28.3 Å². The first kappa shape index (κ1) is 11.8. The third kappa shape index (κ3) is 2.04. The van der Waals surface area contributed by atoms with Crippen LogP contribution >= 0.6 is 11.6 Å². The minimum atomic E-state index is 0.745. The molecular weight excluding hydrogens is 246 g/mol. The summed E-state index contributed by atoms with van der Waals surface area (Å²) in [6, 6.07) is 8.21. The SMILES string of the molecule is Cc1cccc2cc(Cl)c(N3CCNCC3)nc12. The summed E-state index contributed by atoms with van der Waals surface area (Å²) >= 11 is 6.36. The fraction of sp³-hybridized carbons (Fsp3) is 0.357. The molecule has 0 spiro atoms. The Balaban J connectivity index is 2.11. The van der Waals surface area contributed by atoms with E-state index in [9.17, 15) is 0 Å². The Bertz CT molecular complexity index is 577. The van der Waals surface area contributed by atoms with Gasteiger partial charge in [0, 0.05) is 31.6 Å². The van der Waals surface area contributed by atoms with Crippen molar-refractivity contribution < 1.29 is 0 Å². The number of halogens is 1. The number of piperazine rings is 1. The lowest BCUT2D eigenvalue weighted by Crippen LogP contribution is -2.44.